The lowest BCUT2D eigenvalue weighted by Gasteiger charge is -2.08. The van der Waals surface area contributed by atoms with Crippen LogP contribution >= 0.6 is 0 Å². The van der Waals surface area contributed by atoms with Gasteiger partial charge in [-0.25, -0.2) is 9.97 Å². The van der Waals surface area contributed by atoms with Gasteiger partial charge in [-0.1, -0.05) is 12.1 Å². The maximum Gasteiger partial charge on any atom is 0.119 e. The first-order valence-corrected chi connectivity index (χ1v) is 17.5. The molecule has 0 saturated carbocycles. The van der Waals surface area contributed by atoms with Crippen LogP contribution in [0.15, 0.2) is 122 Å². The second-order valence-electron chi connectivity index (χ2n) is 12.7. The summed E-state index contributed by atoms with van der Waals surface area (Å²) in [5, 5.41) is 0. The zero-order valence-electron chi connectivity index (χ0n) is 28.7. The largest absolute Gasteiger partial charge is 0.494 e. The van der Waals surface area contributed by atoms with Crippen LogP contribution in [0.3, 0.4) is 0 Å². The molecule has 0 spiro atoms. The second-order valence-corrected chi connectivity index (χ2v) is 12.7. The van der Waals surface area contributed by atoms with Crippen LogP contribution < -0.4 is 10.5 Å². The van der Waals surface area contributed by atoms with E-state index in [0.29, 0.717) is 13.2 Å². The number of hydrogen-bond acceptors (Lipinski definition) is 7. The number of benzene rings is 1. The standard InChI is InChI=1S/C44H34N8O/c45-20-1-27-53-32-4-2-28(3-5-32)41-33-6-8-35(49-33)42(29-14-21-46-22-15-29)37-10-12-39(51-37)44(31-18-25-48-26-19-31)40-13-11-38(52-40)43(30-16-23-47-24-17-30)36-9-7-34(41)50-36/h2-19,21-26,49,52H,1,20,27,45H2. The van der Waals surface area contributed by atoms with Crippen LogP contribution in [0.4, 0.5) is 0 Å². The van der Waals surface area contributed by atoms with Crippen molar-refractivity contribution in [2.45, 2.75) is 6.42 Å². The Balaban J connectivity index is 1.40. The molecule has 6 aromatic heterocycles. The Bertz CT molecular complexity index is 2630. The van der Waals surface area contributed by atoms with Gasteiger partial charge in [0, 0.05) is 81.5 Å². The zero-order valence-corrected chi connectivity index (χ0v) is 28.7. The molecule has 256 valence electrons. The van der Waals surface area contributed by atoms with Gasteiger partial charge < -0.3 is 20.4 Å². The number of nitrogens with one attached hydrogen (secondary N) is 2. The normalized spacial score (nSPS) is 11.9. The summed E-state index contributed by atoms with van der Waals surface area (Å²) >= 11 is 0. The van der Waals surface area contributed by atoms with Gasteiger partial charge in [0.15, 0.2) is 0 Å². The van der Waals surface area contributed by atoms with Crippen molar-refractivity contribution in [2.75, 3.05) is 13.2 Å². The predicted molar refractivity (Wildman–Crippen MR) is 213 cm³/mol. The van der Waals surface area contributed by atoms with Crippen molar-refractivity contribution in [3.8, 4) is 50.3 Å². The third-order valence-electron chi connectivity index (χ3n) is 9.42. The van der Waals surface area contributed by atoms with E-state index < -0.39 is 0 Å². The number of pyridine rings is 3. The van der Waals surface area contributed by atoms with Gasteiger partial charge in [0.25, 0.3) is 0 Å². The zero-order chi connectivity index (χ0) is 35.6. The summed E-state index contributed by atoms with van der Waals surface area (Å²) in [6, 6.07) is 28.7. The van der Waals surface area contributed by atoms with E-state index in [2.05, 4.69) is 85.6 Å². The molecule has 2 aliphatic rings. The summed E-state index contributed by atoms with van der Waals surface area (Å²) < 4.78 is 5.95. The lowest BCUT2D eigenvalue weighted by atomic mass is 10.0. The highest BCUT2D eigenvalue weighted by atomic mass is 16.5. The number of hydrogen-bond donors (Lipinski definition) is 3. The Hall–Kier alpha value is -6.97. The Kier molecular flexibility index (Phi) is 8.43. The van der Waals surface area contributed by atoms with Crippen molar-refractivity contribution < 1.29 is 4.74 Å². The lowest BCUT2D eigenvalue weighted by Crippen LogP contribution is -2.05. The fraction of sp³-hybridized carbons (Fsp3) is 0.0682. The van der Waals surface area contributed by atoms with E-state index in [1.54, 1.807) is 0 Å². The van der Waals surface area contributed by atoms with Crippen LogP contribution in [0.1, 0.15) is 29.2 Å². The highest BCUT2D eigenvalue weighted by Crippen LogP contribution is 2.38. The van der Waals surface area contributed by atoms with Crippen LogP contribution in [-0.2, 0) is 0 Å². The van der Waals surface area contributed by atoms with Crippen molar-refractivity contribution in [3.63, 3.8) is 0 Å². The van der Waals surface area contributed by atoms with Crippen molar-refractivity contribution in [2.24, 2.45) is 5.73 Å². The number of H-pyrrole nitrogens is 2. The number of aromatic nitrogens is 7. The maximum absolute atomic E-state index is 5.95. The van der Waals surface area contributed by atoms with Crippen molar-refractivity contribution in [1.82, 2.24) is 34.9 Å². The fourth-order valence-electron chi connectivity index (χ4n) is 6.97. The summed E-state index contributed by atoms with van der Waals surface area (Å²) in [5.74, 6) is 0.796. The van der Waals surface area contributed by atoms with Gasteiger partial charge in [0.1, 0.15) is 5.75 Å². The fourth-order valence-corrected chi connectivity index (χ4v) is 6.97. The summed E-state index contributed by atoms with van der Waals surface area (Å²) in [4.78, 5) is 31.1. The van der Waals surface area contributed by atoms with Gasteiger partial charge in [0.05, 0.1) is 29.4 Å². The number of nitrogens with zero attached hydrogens (tertiary/aromatic N) is 5. The molecule has 0 radical (unpaired) electrons. The molecule has 4 N–H and O–H groups in total. The van der Waals surface area contributed by atoms with Crippen LogP contribution in [0.5, 0.6) is 5.75 Å². The Morgan fingerprint density at radius 2 is 0.774 bits per heavy atom. The first-order chi connectivity index (χ1) is 26.2. The van der Waals surface area contributed by atoms with E-state index in [1.165, 1.54) is 0 Å². The molecule has 9 heteroatoms. The molecule has 53 heavy (non-hydrogen) atoms. The molecule has 0 aliphatic carbocycles. The number of aromatic amines is 2. The molecule has 9 nitrogen and oxygen atoms in total. The molecule has 9 rings (SSSR count). The molecule has 1 aromatic carbocycles. The van der Waals surface area contributed by atoms with Gasteiger partial charge in [-0.05, 0) is 132 Å². The van der Waals surface area contributed by atoms with Crippen molar-refractivity contribution in [1.29, 1.82) is 0 Å². The quantitative estimate of drug-likeness (QED) is 0.136. The number of nitrogens with two attached hydrogens (primary N) is 1. The third kappa shape index (κ3) is 6.19. The van der Waals surface area contributed by atoms with Crippen LogP contribution in [0.2, 0.25) is 0 Å². The first kappa shape index (κ1) is 32.0. The second kappa shape index (κ2) is 14.0. The van der Waals surface area contributed by atoms with Crippen molar-refractivity contribution in [3.05, 3.63) is 145 Å². The molecule has 2 aliphatic heterocycles. The Morgan fingerprint density at radius 1 is 0.434 bits per heavy atom. The number of ether oxygens (including phenoxy) is 1. The van der Waals surface area contributed by atoms with E-state index >= 15 is 0 Å². The Labute approximate surface area is 305 Å². The number of fused-ring (bicyclic) bond motifs is 8. The first-order valence-electron chi connectivity index (χ1n) is 17.5. The summed E-state index contributed by atoms with van der Waals surface area (Å²) in [5.41, 5.74) is 20.6. The lowest BCUT2D eigenvalue weighted by molar-refractivity contribution is 0.313. The van der Waals surface area contributed by atoms with Gasteiger partial charge in [-0.2, -0.15) is 0 Å². The average Bonchev–Trinajstić information content (AvgIpc) is 4.05. The summed E-state index contributed by atoms with van der Waals surface area (Å²) in [6.45, 7) is 1.16. The van der Waals surface area contributed by atoms with Crippen molar-refractivity contribution >= 4 is 46.4 Å². The van der Waals surface area contributed by atoms with E-state index in [9.17, 15) is 0 Å². The topological polar surface area (TPSA) is 131 Å². The van der Waals surface area contributed by atoms with E-state index in [4.69, 9.17) is 20.4 Å². The maximum atomic E-state index is 5.95. The van der Waals surface area contributed by atoms with Gasteiger partial charge >= 0.3 is 0 Å². The predicted octanol–water partition coefficient (Wildman–Crippen LogP) is 9.24. The van der Waals surface area contributed by atoms with Gasteiger partial charge in [0.2, 0.25) is 0 Å². The number of rotatable bonds is 8. The SMILES string of the molecule is NCCCOc1ccc(-c2c3nc(c(-c4ccncc4)c4ccc([nH]4)c(-c4ccncc4)c4nc(c(-c5ccncc5)c5ccc2[nH]5)C=C4)C=C3)cc1. The molecule has 0 unspecified atom stereocenters. The third-order valence-corrected chi connectivity index (χ3v) is 9.42. The minimum Gasteiger partial charge on any atom is -0.494 e. The average molecular weight is 691 g/mol. The molecular formula is C44H34N8O. The monoisotopic (exact) mass is 690 g/mol. The molecule has 0 amide bonds. The summed E-state index contributed by atoms with van der Waals surface area (Å²) in [7, 11) is 0. The van der Waals surface area contributed by atoms with Crippen LogP contribution in [0, 0.1) is 0 Å². The van der Waals surface area contributed by atoms with Gasteiger partial charge in [-0.15, -0.1) is 0 Å². The van der Waals surface area contributed by atoms with Crippen LogP contribution in [-0.4, -0.2) is 48.0 Å². The minimum atomic E-state index is 0.571. The Morgan fingerprint density at radius 3 is 1.11 bits per heavy atom. The molecule has 8 bridgehead atoms. The molecule has 0 atom stereocenters. The van der Waals surface area contributed by atoms with Gasteiger partial charge in [-0.3, -0.25) is 15.0 Å². The highest BCUT2D eigenvalue weighted by Gasteiger charge is 2.19. The summed E-state index contributed by atoms with van der Waals surface area (Å²) in [6.07, 6.45) is 20.0. The molecule has 0 saturated heterocycles. The minimum absolute atomic E-state index is 0.571. The molecule has 0 fully saturated rings. The highest BCUT2D eigenvalue weighted by molar-refractivity contribution is 5.99. The van der Waals surface area contributed by atoms with E-state index in [1.807, 2.05) is 85.7 Å². The molecular weight excluding hydrogens is 657 g/mol. The van der Waals surface area contributed by atoms with E-state index in [-0.39, 0.29) is 0 Å². The molecule has 7 aromatic rings. The van der Waals surface area contributed by atoms with E-state index in [0.717, 1.165) is 102 Å². The van der Waals surface area contributed by atoms with Crippen LogP contribution in [0.25, 0.3) is 90.9 Å². The molecule has 8 heterocycles. The smallest absolute Gasteiger partial charge is 0.119 e.